The van der Waals surface area contributed by atoms with Gasteiger partial charge in [0.15, 0.2) is 17.5 Å². The predicted octanol–water partition coefficient (Wildman–Crippen LogP) is 4.11. The molecule has 20 heavy (non-hydrogen) atoms. The third-order valence-corrected chi connectivity index (χ3v) is 3.25. The minimum absolute atomic E-state index is 0.370. The number of hydrogen-bond donors (Lipinski definition) is 1. The summed E-state index contributed by atoms with van der Waals surface area (Å²) < 4.78 is 39.9. The van der Waals surface area contributed by atoms with Crippen LogP contribution in [0.25, 0.3) is 0 Å². The normalized spacial score (nSPS) is 12.4. The lowest BCUT2D eigenvalue weighted by molar-refractivity contribution is 0.442. The second kappa shape index (κ2) is 6.09. The molecule has 0 aliphatic carbocycles. The summed E-state index contributed by atoms with van der Waals surface area (Å²) in [7, 11) is 0. The summed E-state index contributed by atoms with van der Waals surface area (Å²) >= 11 is 0. The van der Waals surface area contributed by atoms with Gasteiger partial charge in [-0.1, -0.05) is 31.2 Å². The van der Waals surface area contributed by atoms with E-state index in [1.807, 2.05) is 38.1 Å². The van der Waals surface area contributed by atoms with Crippen molar-refractivity contribution in [3.63, 3.8) is 0 Å². The molecule has 0 heterocycles. The van der Waals surface area contributed by atoms with Crippen LogP contribution < -0.4 is 5.32 Å². The minimum atomic E-state index is -1.44. The SMILES string of the molecule is CCNC(c1cc(F)c(F)c(F)c1)c1ccccc1C. The zero-order chi connectivity index (χ0) is 14.7. The summed E-state index contributed by atoms with van der Waals surface area (Å²) in [6, 6.07) is 9.29. The van der Waals surface area contributed by atoms with Crippen molar-refractivity contribution < 1.29 is 13.2 Å². The Bertz CT molecular complexity index is 587. The molecule has 0 aliphatic heterocycles. The van der Waals surface area contributed by atoms with Crippen LogP contribution in [0.3, 0.4) is 0 Å². The van der Waals surface area contributed by atoms with Gasteiger partial charge in [0.2, 0.25) is 0 Å². The smallest absolute Gasteiger partial charge is 0.194 e. The van der Waals surface area contributed by atoms with E-state index in [1.165, 1.54) is 0 Å². The van der Waals surface area contributed by atoms with Crippen molar-refractivity contribution in [1.82, 2.24) is 5.32 Å². The molecule has 0 aliphatic rings. The second-order valence-corrected chi connectivity index (χ2v) is 4.65. The van der Waals surface area contributed by atoms with Crippen LogP contribution >= 0.6 is 0 Å². The number of rotatable bonds is 4. The number of aryl methyl sites for hydroxylation is 1. The van der Waals surface area contributed by atoms with Crippen molar-refractivity contribution >= 4 is 0 Å². The molecule has 0 saturated carbocycles. The molecule has 1 nitrogen and oxygen atoms in total. The largest absolute Gasteiger partial charge is 0.307 e. The first-order chi connectivity index (χ1) is 9.54. The van der Waals surface area contributed by atoms with Crippen molar-refractivity contribution in [2.24, 2.45) is 0 Å². The molecule has 0 amide bonds. The van der Waals surface area contributed by atoms with Gasteiger partial charge in [-0.3, -0.25) is 0 Å². The molecule has 0 fully saturated rings. The fourth-order valence-electron chi connectivity index (χ4n) is 2.26. The lowest BCUT2D eigenvalue weighted by atomic mass is 9.94. The van der Waals surface area contributed by atoms with Gasteiger partial charge in [-0.25, -0.2) is 13.2 Å². The molecule has 0 aromatic heterocycles. The molecule has 106 valence electrons. The van der Waals surface area contributed by atoms with Crippen molar-refractivity contribution in [3.05, 3.63) is 70.5 Å². The molecule has 2 aromatic rings. The molecule has 4 heteroatoms. The second-order valence-electron chi connectivity index (χ2n) is 4.65. The Labute approximate surface area is 116 Å². The van der Waals surface area contributed by atoms with Crippen molar-refractivity contribution in [2.75, 3.05) is 6.54 Å². The maximum atomic E-state index is 13.4. The predicted molar refractivity (Wildman–Crippen MR) is 73.0 cm³/mol. The van der Waals surface area contributed by atoms with Gasteiger partial charge in [-0.2, -0.15) is 0 Å². The number of halogens is 3. The van der Waals surface area contributed by atoms with E-state index in [-0.39, 0.29) is 6.04 Å². The lowest BCUT2D eigenvalue weighted by Gasteiger charge is -2.21. The summed E-state index contributed by atoms with van der Waals surface area (Å²) in [6.07, 6.45) is 0. The highest BCUT2D eigenvalue weighted by Crippen LogP contribution is 2.27. The first kappa shape index (κ1) is 14.6. The van der Waals surface area contributed by atoms with E-state index in [1.54, 1.807) is 0 Å². The molecule has 1 atom stereocenters. The van der Waals surface area contributed by atoms with E-state index in [0.717, 1.165) is 23.3 Å². The molecular formula is C16H16F3N. The third kappa shape index (κ3) is 2.85. The maximum absolute atomic E-state index is 13.4. The average molecular weight is 279 g/mol. The standard InChI is InChI=1S/C16H16F3N/c1-3-20-16(12-7-5-4-6-10(12)2)11-8-13(17)15(19)14(18)9-11/h4-9,16,20H,3H2,1-2H3. The third-order valence-electron chi connectivity index (χ3n) is 3.25. The number of hydrogen-bond acceptors (Lipinski definition) is 1. The van der Waals surface area contributed by atoms with E-state index < -0.39 is 17.5 Å². The monoisotopic (exact) mass is 279 g/mol. The Hall–Kier alpha value is -1.81. The van der Waals surface area contributed by atoms with Crippen LogP contribution in [0.4, 0.5) is 13.2 Å². The highest BCUT2D eigenvalue weighted by molar-refractivity contribution is 5.37. The quantitative estimate of drug-likeness (QED) is 0.830. The summed E-state index contributed by atoms with van der Waals surface area (Å²) in [5.74, 6) is -3.78. The maximum Gasteiger partial charge on any atom is 0.194 e. The van der Waals surface area contributed by atoms with Gasteiger partial charge < -0.3 is 5.32 Å². The first-order valence-electron chi connectivity index (χ1n) is 6.48. The molecular weight excluding hydrogens is 263 g/mol. The summed E-state index contributed by atoms with van der Waals surface area (Å²) in [5.41, 5.74) is 2.29. The van der Waals surface area contributed by atoms with E-state index >= 15 is 0 Å². The van der Waals surface area contributed by atoms with Crippen LogP contribution in [0, 0.1) is 24.4 Å². The van der Waals surface area contributed by atoms with Crippen LogP contribution in [-0.2, 0) is 0 Å². The summed E-state index contributed by atoms with van der Waals surface area (Å²) in [6.45, 7) is 4.46. The van der Waals surface area contributed by atoms with Crippen molar-refractivity contribution in [1.29, 1.82) is 0 Å². The molecule has 1 unspecified atom stereocenters. The van der Waals surface area contributed by atoms with Crippen LogP contribution in [0.1, 0.15) is 29.7 Å². The Balaban J connectivity index is 2.52. The zero-order valence-electron chi connectivity index (χ0n) is 11.4. The van der Waals surface area contributed by atoms with Gasteiger partial charge >= 0.3 is 0 Å². The fraction of sp³-hybridized carbons (Fsp3) is 0.250. The Kier molecular flexibility index (Phi) is 4.45. The van der Waals surface area contributed by atoms with Gasteiger partial charge in [0.05, 0.1) is 6.04 Å². The number of benzene rings is 2. The van der Waals surface area contributed by atoms with Crippen LogP contribution in [-0.4, -0.2) is 6.54 Å². The molecule has 1 N–H and O–H groups in total. The topological polar surface area (TPSA) is 12.0 Å². The van der Waals surface area contributed by atoms with Gasteiger partial charge in [0.1, 0.15) is 0 Å². The average Bonchev–Trinajstić information content (AvgIpc) is 2.43. The van der Waals surface area contributed by atoms with Crippen LogP contribution in [0.5, 0.6) is 0 Å². The Morgan fingerprint density at radius 1 is 1.05 bits per heavy atom. The van der Waals surface area contributed by atoms with Gasteiger partial charge in [0, 0.05) is 0 Å². The lowest BCUT2D eigenvalue weighted by Crippen LogP contribution is -2.23. The molecule has 0 saturated heterocycles. The highest BCUT2D eigenvalue weighted by atomic mass is 19.2. The van der Waals surface area contributed by atoms with Crippen molar-refractivity contribution in [2.45, 2.75) is 19.9 Å². The number of nitrogens with one attached hydrogen (secondary N) is 1. The van der Waals surface area contributed by atoms with E-state index in [9.17, 15) is 13.2 Å². The van der Waals surface area contributed by atoms with Crippen molar-refractivity contribution in [3.8, 4) is 0 Å². The minimum Gasteiger partial charge on any atom is -0.307 e. The van der Waals surface area contributed by atoms with E-state index in [4.69, 9.17) is 0 Å². The van der Waals surface area contributed by atoms with Crippen LogP contribution in [0.15, 0.2) is 36.4 Å². The zero-order valence-corrected chi connectivity index (χ0v) is 11.4. The molecule has 0 radical (unpaired) electrons. The van der Waals surface area contributed by atoms with E-state index in [2.05, 4.69) is 5.32 Å². The fourth-order valence-corrected chi connectivity index (χ4v) is 2.26. The summed E-state index contributed by atoms with van der Waals surface area (Å²) in [5, 5.41) is 3.17. The first-order valence-corrected chi connectivity index (χ1v) is 6.48. The Morgan fingerprint density at radius 2 is 1.65 bits per heavy atom. The van der Waals surface area contributed by atoms with Gasteiger partial charge in [-0.05, 0) is 42.3 Å². The van der Waals surface area contributed by atoms with Gasteiger partial charge in [0.25, 0.3) is 0 Å². The highest BCUT2D eigenvalue weighted by Gasteiger charge is 2.19. The molecule has 2 rings (SSSR count). The molecule has 0 bridgehead atoms. The van der Waals surface area contributed by atoms with Crippen LogP contribution in [0.2, 0.25) is 0 Å². The molecule has 2 aromatic carbocycles. The van der Waals surface area contributed by atoms with E-state index in [0.29, 0.717) is 12.1 Å². The van der Waals surface area contributed by atoms with Gasteiger partial charge in [-0.15, -0.1) is 0 Å². The summed E-state index contributed by atoms with van der Waals surface area (Å²) in [4.78, 5) is 0. The Morgan fingerprint density at radius 3 is 2.20 bits per heavy atom. The molecule has 0 spiro atoms.